The Balaban J connectivity index is 1.10. The van der Waals surface area contributed by atoms with E-state index in [1.807, 2.05) is 13.8 Å². The van der Waals surface area contributed by atoms with Gasteiger partial charge < -0.3 is 53.2 Å². The van der Waals surface area contributed by atoms with E-state index in [0.717, 1.165) is 12.8 Å². The van der Waals surface area contributed by atoms with Crippen LogP contribution in [-0.4, -0.2) is 119 Å². The molecule has 7 saturated heterocycles. The number of hydrogen-bond acceptors (Lipinski definition) is 11. The summed E-state index contributed by atoms with van der Waals surface area (Å²) in [6.07, 6.45) is -2.12. The summed E-state index contributed by atoms with van der Waals surface area (Å²) in [4.78, 5) is 11.3. The number of aliphatic carboxylic acids is 1. The Morgan fingerprint density at radius 3 is 2.23 bits per heavy atom. The highest BCUT2D eigenvalue weighted by Gasteiger charge is 2.61. The molecule has 12 nitrogen and oxygen atoms in total. The quantitative estimate of drug-likeness (QED) is 0.411. The average molecular weight is 627 g/mol. The lowest BCUT2D eigenvalue weighted by molar-refractivity contribution is -0.349. The van der Waals surface area contributed by atoms with Crippen LogP contribution in [0.5, 0.6) is 0 Å². The molecule has 7 aliphatic heterocycles. The van der Waals surface area contributed by atoms with Gasteiger partial charge in [-0.2, -0.15) is 0 Å². The molecule has 0 amide bonds. The molecule has 7 aliphatic rings. The van der Waals surface area contributed by atoms with Gasteiger partial charge in [-0.3, -0.25) is 4.79 Å². The first kappa shape index (κ1) is 31.7. The van der Waals surface area contributed by atoms with E-state index in [-0.39, 0.29) is 86.2 Å². The molecule has 12 heteroatoms. The monoisotopic (exact) mass is 626 g/mol. The van der Waals surface area contributed by atoms with Gasteiger partial charge in [0, 0.05) is 31.1 Å². The first-order valence-electron chi connectivity index (χ1n) is 16.7. The predicted octanol–water partition coefficient (Wildman–Crippen LogP) is 2.00. The standard InChI is InChI=1S/C32H50O12/c1-14-6-19-20(39-21-9-24-31(5,43-22(21)7-14)13-37-26(42-24)10-25(34)35)8-23-28(40-19)16(3)27(36)30-29(41-23)15(2)17(4)32(44-30)11-18(33)12-38-32/h14-24,26-30,33,36H,6-13H2,1-5H3,(H,34,35)/t14-,15+,16?,17?,18?,19?,20-,21?,22-,23+,24-,26?,27+,28?,29-,30?,31?,32?/m1/s1. The van der Waals surface area contributed by atoms with Crippen molar-refractivity contribution < 1.29 is 58.0 Å². The molecule has 0 aliphatic carbocycles. The molecule has 10 unspecified atom stereocenters. The third kappa shape index (κ3) is 5.44. The first-order chi connectivity index (χ1) is 20.9. The van der Waals surface area contributed by atoms with Gasteiger partial charge in [0.1, 0.15) is 11.7 Å². The molecule has 0 aromatic carbocycles. The molecule has 3 N–H and O–H groups in total. The normalized spacial score (nSPS) is 57.4. The fraction of sp³-hybridized carbons (Fsp3) is 0.969. The second-order valence-corrected chi connectivity index (χ2v) is 15.0. The summed E-state index contributed by atoms with van der Waals surface area (Å²) in [7, 11) is 0. The number of rotatable bonds is 2. The lowest BCUT2D eigenvalue weighted by atomic mass is 9.75. The van der Waals surface area contributed by atoms with Crippen molar-refractivity contribution >= 4 is 5.97 Å². The largest absolute Gasteiger partial charge is 0.481 e. The van der Waals surface area contributed by atoms with Gasteiger partial charge >= 0.3 is 5.97 Å². The van der Waals surface area contributed by atoms with Crippen molar-refractivity contribution in [1.82, 2.24) is 0 Å². The van der Waals surface area contributed by atoms with Gasteiger partial charge in [-0.15, -0.1) is 0 Å². The van der Waals surface area contributed by atoms with E-state index in [9.17, 15) is 20.1 Å². The summed E-state index contributed by atoms with van der Waals surface area (Å²) in [5.41, 5.74) is -0.679. The molecule has 44 heavy (non-hydrogen) atoms. The van der Waals surface area contributed by atoms with Crippen LogP contribution >= 0.6 is 0 Å². The second-order valence-electron chi connectivity index (χ2n) is 15.0. The number of carbonyl (C=O) groups is 1. The van der Waals surface area contributed by atoms with Crippen LogP contribution in [0.2, 0.25) is 0 Å². The number of carboxylic acids is 1. The Bertz CT molecular complexity index is 1080. The molecule has 0 saturated carbocycles. The Hall–Kier alpha value is -0.930. The zero-order chi connectivity index (χ0) is 31.1. The number of carboxylic acid groups (broad SMARTS) is 1. The highest BCUT2D eigenvalue weighted by atomic mass is 16.7. The van der Waals surface area contributed by atoms with Crippen molar-refractivity contribution in [2.24, 2.45) is 23.7 Å². The zero-order valence-corrected chi connectivity index (χ0v) is 26.4. The van der Waals surface area contributed by atoms with Gasteiger partial charge in [-0.25, -0.2) is 0 Å². The predicted molar refractivity (Wildman–Crippen MR) is 151 cm³/mol. The number of aliphatic hydroxyl groups is 2. The van der Waals surface area contributed by atoms with Crippen LogP contribution in [0.15, 0.2) is 0 Å². The van der Waals surface area contributed by atoms with Gasteiger partial charge in [0.25, 0.3) is 0 Å². The molecule has 7 rings (SSSR count). The molecule has 0 aromatic heterocycles. The molecule has 1 spiro atoms. The SMILES string of the molecule is CC1C2OC3C[C@@H](C)C[C@H]4OC5(C)COC(CC(=O)O)O[C@@H]5CC4O[C@@H]3C[C@@H]2O[C@H]2C(OC3(CC(O)CO3)C(C)[C@@H]2C)[C@H]1O. The zero-order valence-electron chi connectivity index (χ0n) is 26.4. The fourth-order valence-corrected chi connectivity index (χ4v) is 9.09. The summed E-state index contributed by atoms with van der Waals surface area (Å²) in [5.74, 6) is -1.91. The molecular weight excluding hydrogens is 576 g/mol. The van der Waals surface area contributed by atoms with E-state index in [2.05, 4.69) is 20.8 Å². The van der Waals surface area contributed by atoms with Crippen molar-refractivity contribution in [2.45, 2.75) is 158 Å². The topological polar surface area (TPSA) is 152 Å². The minimum absolute atomic E-state index is 0.00821. The summed E-state index contributed by atoms with van der Waals surface area (Å²) in [6.45, 7) is 10.9. The molecule has 7 heterocycles. The first-order valence-corrected chi connectivity index (χ1v) is 16.7. The van der Waals surface area contributed by atoms with Crippen molar-refractivity contribution in [3.8, 4) is 0 Å². The van der Waals surface area contributed by atoms with Crippen molar-refractivity contribution in [3.05, 3.63) is 0 Å². The highest BCUT2D eigenvalue weighted by Crippen LogP contribution is 2.51. The fourth-order valence-electron chi connectivity index (χ4n) is 9.09. The van der Waals surface area contributed by atoms with Crippen LogP contribution in [0.4, 0.5) is 0 Å². The van der Waals surface area contributed by atoms with Crippen LogP contribution < -0.4 is 0 Å². The minimum atomic E-state index is -0.971. The Kier molecular flexibility index (Phi) is 8.38. The average Bonchev–Trinajstić information content (AvgIpc) is 3.30. The van der Waals surface area contributed by atoms with Gasteiger partial charge in [0.15, 0.2) is 12.1 Å². The molecule has 0 aromatic rings. The number of fused-ring (bicyclic) bond motifs is 5. The number of ether oxygens (including phenoxy) is 8. The van der Waals surface area contributed by atoms with Crippen LogP contribution in [-0.2, 0) is 42.7 Å². The second kappa shape index (κ2) is 11.6. The maximum atomic E-state index is 11.7. The van der Waals surface area contributed by atoms with Gasteiger partial charge in [0.2, 0.25) is 0 Å². The summed E-state index contributed by atoms with van der Waals surface area (Å²) in [6, 6.07) is 0. The molecule has 0 radical (unpaired) electrons. The number of aliphatic hydroxyl groups excluding tert-OH is 2. The highest BCUT2D eigenvalue weighted by molar-refractivity contribution is 5.67. The Morgan fingerprint density at radius 1 is 0.795 bits per heavy atom. The molecule has 7 fully saturated rings. The van der Waals surface area contributed by atoms with E-state index in [4.69, 9.17) is 37.9 Å². The van der Waals surface area contributed by atoms with Crippen LogP contribution in [0.1, 0.15) is 73.1 Å². The molecule has 0 bridgehead atoms. The van der Waals surface area contributed by atoms with E-state index in [1.54, 1.807) is 0 Å². The van der Waals surface area contributed by atoms with Crippen molar-refractivity contribution in [3.63, 3.8) is 0 Å². The third-order valence-corrected chi connectivity index (χ3v) is 11.8. The van der Waals surface area contributed by atoms with E-state index in [1.165, 1.54) is 0 Å². The van der Waals surface area contributed by atoms with Crippen molar-refractivity contribution in [2.75, 3.05) is 13.2 Å². The summed E-state index contributed by atoms with van der Waals surface area (Å²) in [5, 5.41) is 31.3. The molecular formula is C32H50O12. The summed E-state index contributed by atoms with van der Waals surface area (Å²) < 4.78 is 51.7. The van der Waals surface area contributed by atoms with E-state index >= 15 is 0 Å². The van der Waals surface area contributed by atoms with Crippen LogP contribution in [0.3, 0.4) is 0 Å². The van der Waals surface area contributed by atoms with Gasteiger partial charge in [-0.05, 0) is 31.6 Å². The Morgan fingerprint density at radius 2 is 1.50 bits per heavy atom. The van der Waals surface area contributed by atoms with E-state index in [0.29, 0.717) is 25.2 Å². The third-order valence-electron chi connectivity index (χ3n) is 11.8. The molecule has 250 valence electrons. The lowest BCUT2D eigenvalue weighted by Gasteiger charge is -2.54. The smallest absolute Gasteiger partial charge is 0.308 e. The number of hydrogen-bond donors (Lipinski definition) is 3. The minimum Gasteiger partial charge on any atom is -0.481 e. The van der Waals surface area contributed by atoms with Crippen LogP contribution in [0, 0.1) is 23.7 Å². The maximum Gasteiger partial charge on any atom is 0.308 e. The van der Waals surface area contributed by atoms with Gasteiger partial charge in [0.05, 0.1) is 80.7 Å². The molecule has 18 atom stereocenters. The van der Waals surface area contributed by atoms with Crippen LogP contribution in [0.25, 0.3) is 0 Å². The van der Waals surface area contributed by atoms with Gasteiger partial charge in [-0.1, -0.05) is 27.7 Å². The lowest BCUT2D eigenvalue weighted by Crippen LogP contribution is -2.64. The summed E-state index contributed by atoms with van der Waals surface area (Å²) >= 11 is 0. The van der Waals surface area contributed by atoms with E-state index < -0.39 is 42.0 Å². The van der Waals surface area contributed by atoms with Crippen molar-refractivity contribution in [1.29, 1.82) is 0 Å². The maximum absolute atomic E-state index is 11.7. The Labute approximate surface area is 258 Å².